The summed E-state index contributed by atoms with van der Waals surface area (Å²) in [5.41, 5.74) is 0.690. The third-order valence-electron chi connectivity index (χ3n) is 2.57. The Morgan fingerprint density at radius 3 is 2.20 bits per heavy atom. The van der Waals surface area contributed by atoms with Crippen LogP contribution in [0.2, 0.25) is 0 Å². The number of nitro benzene ring substituents is 1. The van der Waals surface area contributed by atoms with Crippen LogP contribution in [-0.4, -0.2) is 38.4 Å². The molecule has 112 valence electrons. The highest BCUT2D eigenvalue weighted by atomic mass is 32.2. The van der Waals surface area contributed by atoms with Gasteiger partial charge in [-0.2, -0.15) is 0 Å². The molecule has 2 N–H and O–H groups in total. The first kappa shape index (κ1) is 16.2. The number of hydrogen-bond acceptors (Lipinski definition) is 6. The SMILES string of the molecule is CCCNc1cccc(NCCS(C)(=O)=O)c1[N+](=O)[O-]. The van der Waals surface area contributed by atoms with Crippen molar-refractivity contribution in [1.82, 2.24) is 0 Å². The minimum atomic E-state index is -3.10. The summed E-state index contributed by atoms with van der Waals surface area (Å²) in [6, 6.07) is 4.89. The van der Waals surface area contributed by atoms with Crippen molar-refractivity contribution < 1.29 is 13.3 Å². The van der Waals surface area contributed by atoms with Gasteiger partial charge in [0, 0.05) is 19.3 Å². The molecule has 0 aliphatic rings. The number of anilines is 2. The minimum absolute atomic E-state index is 0.0607. The van der Waals surface area contributed by atoms with Crippen LogP contribution >= 0.6 is 0 Å². The molecule has 0 unspecified atom stereocenters. The molecule has 0 aliphatic carbocycles. The second-order valence-electron chi connectivity index (χ2n) is 4.44. The number of para-hydroxylation sites is 1. The molecule has 0 amide bonds. The van der Waals surface area contributed by atoms with Gasteiger partial charge in [0.25, 0.3) is 0 Å². The number of benzene rings is 1. The van der Waals surface area contributed by atoms with Crippen molar-refractivity contribution in [2.24, 2.45) is 0 Å². The van der Waals surface area contributed by atoms with E-state index in [0.717, 1.165) is 12.7 Å². The summed E-state index contributed by atoms with van der Waals surface area (Å²) in [7, 11) is -3.10. The van der Waals surface area contributed by atoms with Crippen LogP contribution in [0.15, 0.2) is 18.2 Å². The molecule has 0 atom stereocenters. The zero-order chi connectivity index (χ0) is 15.2. The van der Waals surface area contributed by atoms with Gasteiger partial charge in [0.1, 0.15) is 21.2 Å². The summed E-state index contributed by atoms with van der Waals surface area (Å²) in [6.45, 7) is 2.73. The fourth-order valence-corrected chi connectivity index (χ4v) is 2.13. The third kappa shape index (κ3) is 5.04. The monoisotopic (exact) mass is 301 g/mol. The molecule has 0 aliphatic heterocycles. The average molecular weight is 301 g/mol. The summed E-state index contributed by atoms with van der Waals surface area (Å²) >= 11 is 0. The van der Waals surface area contributed by atoms with Gasteiger partial charge in [-0.15, -0.1) is 0 Å². The predicted molar refractivity (Wildman–Crippen MR) is 80.1 cm³/mol. The number of nitrogens with one attached hydrogen (secondary N) is 2. The zero-order valence-electron chi connectivity index (χ0n) is 11.5. The first-order valence-electron chi connectivity index (χ1n) is 6.28. The topological polar surface area (TPSA) is 101 Å². The van der Waals surface area contributed by atoms with Gasteiger partial charge in [-0.1, -0.05) is 13.0 Å². The van der Waals surface area contributed by atoms with Crippen molar-refractivity contribution >= 4 is 26.9 Å². The summed E-state index contributed by atoms with van der Waals surface area (Å²) in [4.78, 5) is 10.7. The number of sulfone groups is 1. The van der Waals surface area contributed by atoms with E-state index >= 15 is 0 Å². The Hall–Kier alpha value is -1.83. The van der Waals surface area contributed by atoms with Crippen molar-refractivity contribution in [2.75, 3.05) is 35.7 Å². The molecule has 1 rings (SSSR count). The molecule has 0 saturated heterocycles. The molecule has 1 aromatic rings. The first-order valence-corrected chi connectivity index (χ1v) is 8.34. The van der Waals surface area contributed by atoms with Gasteiger partial charge in [0.15, 0.2) is 0 Å². The van der Waals surface area contributed by atoms with Crippen LogP contribution in [0.25, 0.3) is 0 Å². The van der Waals surface area contributed by atoms with Crippen molar-refractivity contribution in [3.05, 3.63) is 28.3 Å². The Morgan fingerprint density at radius 1 is 1.20 bits per heavy atom. The Bertz CT molecular complexity index is 572. The number of nitrogens with zero attached hydrogens (tertiary/aromatic N) is 1. The smallest absolute Gasteiger partial charge is 0.315 e. The highest BCUT2D eigenvalue weighted by molar-refractivity contribution is 7.90. The van der Waals surface area contributed by atoms with Crippen molar-refractivity contribution in [2.45, 2.75) is 13.3 Å². The second kappa shape index (κ2) is 7.09. The third-order valence-corrected chi connectivity index (χ3v) is 3.52. The largest absolute Gasteiger partial charge is 0.379 e. The molecule has 0 bridgehead atoms. The predicted octanol–water partition coefficient (Wildman–Crippen LogP) is 1.87. The number of nitro groups is 1. The number of hydrogen-bond donors (Lipinski definition) is 2. The van der Waals surface area contributed by atoms with Gasteiger partial charge in [-0.25, -0.2) is 8.42 Å². The van der Waals surface area contributed by atoms with E-state index < -0.39 is 14.8 Å². The Labute approximate surface area is 118 Å². The molecular weight excluding hydrogens is 282 g/mol. The Morgan fingerprint density at radius 2 is 1.75 bits per heavy atom. The van der Waals surface area contributed by atoms with Gasteiger partial charge in [0.2, 0.25) is 0 Å². The second-order valence-corrected chi connectivity index (χ2v) is 6.70. The van der Waals surface area contributed by atoms with Crippen LogP contribution in [0.1, 0.15) is 13.3 Å². The molecule has 0 heterocycles. The molecule has 8 heteroatoms. The fraction of sp³-hybridized carbons (Fsp3) is 0.500. The van der Waals surface area contributed by atoms with Gasteiger partial charge in [0.05, 0.1) is 10.7 Å². The van der Waals surface area contributed by atoms with E-state index in [0.29, 0.717) is 17.9 Å². The molecule has 0 spiro atoms. The Balaban J connectivity index is 2.91. The van der Waals surface area contributed by atoms with Gasteiger partial charge < -0.3 is 10.6 Å². The van der Waals surface area contributed by atoms with Crippen LogP contribution in [0.5, 0.6) is 0 Å². The van der Waals surface area contributed by atoms with E-state index in [1.165, 1.54) is 0 Å². The van der Waals surface area contributed by atoms with E-state index in [9.17, 15) is 18.5 Å². The molecule has 0 radical (unpaired) electrons. The molecule has 0 saturated carbocycles. The molecule has 0 fully saturated rings. The molecule has 1 aromatic carbocycles. The van der Waals surface area contributed by atoms with E-state index in [2.05, 4.69) is 10.6 Å². The maximum atomic E-state index is 11.2. The molecule has 7 nitrogen and oxygen atoms in total. The van der Waals surface area contributed by atoms with Crippen LogP contribution in [-0.2, 0) is 9.84 Å². The molecule has 0 aromatic heterocycles. The van der Waals surface area contributed by atoms with Crippen molar-refractivity contribution in [3.8, 4) is 0 Å². The maximum absolute atomic E-state index is 11.2. The first-order chi connectivity index (χ1) is 9.35. The van der Waals surface area contributed by atoms with E-state index in [1.54, 1.807) is 18.2 Å². The standard InChI is InChI=1S/C12H19N3O4S/c1-3-7-13-10-5-4-6-11(12(10)15(16)17)14-8-9-20(2,18)19/h4-6,13-14H,3,7-9H2,1-2H3. The summed E-state index contributed by atoms with van der Waals surface area (Å²) < 4.78 is 22.1. The Kier molecular flexibility index (Phi) is 5.75. The summed E-state index contributed by atoms with van der Waals surface area (Å²) in [5.74, 6) is -0.0726. The highest BCUT2D eigenvalue weighted by Gasteiger charge is 2.19. The summed E-state index contributed by atoms with van der Waals surface area (Å²) in [6.07, 6.45) is 1.98. The lowest BCUT2D eigenvalue weighted by atomic mass is 10.2. The molecule has 20 heavy (non-hydrogen) atoms. The summed E-state index contributed by atoms with van der Waals surface area (Å²) in [5, 5.41) is 17.0. The van der Waals surface area contributed by atoms with E-state index in [1.807, 2.05) is 6.92 Å². The van der Waals surface area contributed by atoms with Crippen LogP contribution in [0.4, 0.5) is 17.1 Å². The number of rotatable bonds is 8. The average Bonchev–Trinajstić information content (AvgIpc) is 2.34. The maximum Gasteiger partial charge on any atom is 0.315 e. The quantitative estimate of drug-likeness (QED) is 0.561. The van der Waals surface area contributed by atoms with E-state index in [-0.39, 0.29) is 18.0 Å². The lowest BCUT2D eigenvalue weighted by Crippen LogP contribution is -2.15. The van der Waals surface area contributed by atoms with Crippen molar-refractivity contribution in [3.63, 3.8) is 0 Å². The lowest BCUT2D eigenvalue weighted by Gasteiger charge is -2.11. The fourth-order valence-electron chi connectivity index (χ4n) is 1.66. The van der Waals surface area contributed by atoms with Gasteiger partial charge >= 0.3 is 5.69 Å². The van der Waals surface area contributed by atoms with Crippen LogP contribution < -0.4 is 10.6 Å². The van der Waals surface area contributed by atoms with Gasteiger partial charge in [-0.05, 0) is 18.6 Å². The highest BCUT2D eigenvalue weighted by Crippen LogP contribution is 2.32. The van der Waals surface area contributed by atoms with Crippen LogP contribution in [0.3, 0.4) is 0 Å². The zero-order valence-corrected chi connectivity index (χ0v) is 12.4. The van der Waals surface area contributed by atoms with Crippen LogP contribution in [0, 0.1) is 10.1 Å². The lowest BCUT2D eigenvalue weighted by molar-refractivity contribution is -0.383. The van der Waals surface area contributed by atoms with E-state index in [4.69, 9.17) is 0 Å². The van der Waals surface area contributed by atoms with Gasteiger partial charge in [-0.3, -0.25) is 10.1 Å². The molecular formula is C12H19N3O4S. The minimum Gasteiger partial charge on any atom is -0.379 e. The van der Waals surface area contributed by atoms with Crippen molar-refractivity contribution in [1.29, 1.82) is 0 Å². The normalized spacial score (nSPS) is 11.1.